The molecule has 0 spiro atoms. The predicted octanol–water partition coefficient (Wildman–Crippen LogP) is 4.49. The summed E-state index contributed by atoms with van der Waals surface area (Å²) in [5.74, 6) is -0.0223. The average molecular weight is 341 g/mol. The van der Waals surface area contributed by atoms with Crippen LogP contribution in [0.4, 0.5) is 13.2 Å². The number of carbonyl (C=O) groups is 1. The van der Waals surface area contributed by atoms with Gasteiger partial charge < -0.3 is 4.43 Å². The highest BCUT2D eigenvalue weighted by Crippen LogP contribution is 2.38. The third-order valence-electron chi connectivity index (χ3n) is 1.95. The highest BCUT2D eigenvalue weighted by molar-refractivity contribution is 9.10. The molecule has 7 heteroatoms. The molecule has 1 rings (SSSR count). The Balaban J connectivity index is 3.43. The van der Waals surface area contributed by atoms with Gasteiger partial charge in [0.15, 0.2) is 6.29 Å². The van der Waals surface area contributed by atoms with Gasteiger partial charge in [-0.05, 0) is 31.8 Å². The largest absolute Gasteiger partial charge is 0.544 e. The summed E-state index contributed by atoms with van der Waals surface area (Å²) in [6.07, 6.45) is -4.40. The fourth-order valence-electron chi connectivity index (χ4n) is 1.36. The minimum atomic E-state index is -4.59. The van der Waals surface area contributed by atoms with Crippen LogP contribution in [0.3, 0.4) is 0 Å². The van der Waals surface area contributed by atoms with Crippen LogP contribution in [0.15, 0.2) is 16.6 Å². The maximum absolute atomic E-state index is 12.8. The lowest BCUT2D eigenvalue weighted by Gasteiger charge is -2.22. The molecule has 0 amide bonds. The number of alkyl halides is 3. The van der Waals surface area contributed by atoms with E-state index in [0.717, 1.165) is 6.07 Å². The van der Waals surface area contributed by atoms with E-state index in [9.17, 15) is 18.0 Å². The first kappa shape index (κ1) is 15.2. The molecule has 2 nitrogen and oxygen atoms in total. The fourth-order valence-corrected chi connectivity index (χ4v) is 2.63. The number of aldehydes is 1. The number of benzene rings is 1. The zero-order valence-corrected chi connectivity index (χ0v) is 12.6. The van der Waals surface area contributed by atoms with Crippen molar-refractivity contribution in [2.24, 2.45) is 0 Å². The summed E-state index contributed by atoms with van der Waals surface area (Å²) in [5.41, 5.74) is -1.44. The molecule has 1 aromatic rings. The molecule has 1 aromatic carbocycles. The van der Waals surface area contributed by atoms with Gasteiger partial charge in [0.2, 0.25) is 8.32 Å². The van der Waals surface area contributed by atoms with Crippen molar-refractivity contribution < 1.29 is 22.4 Å². The van der Waals surface area contributed by atoms with Gasteiger partial charge in [0.25, 0.3) is 0 Å². The van der Waals surface area contributed by atoms with Crippen molar-refractivity contribution in [2.75, 3.05) is 0 Å². The van der Waals surface area contributed by atoms with Gasteiger partial charge in [0.05, 0.1) is 11.1 Å². The molecule has 18 heavy (non-hydrogen) atoms. The molecule has 100 valence electrons. The number of carbonyl (C=O) groups excluding carboxylic acids is 1. The molecule has 0 bridgehead atoms. The Kier molecular flexibility index (Phi) is 4.27. The molecule has 0 saturated carbocycles. The Morgan fingerprint density at radius 1 is 1.28 bits per heavy atom. The minimum Gasteiger partial charge on any atom is -0.544 e. The van der Waals surface area contributed by atoms with E-state index in [1.807, 2.05) is 19.6 Å². The Hall–Kier alpha value is -0.823. The normalized spacial score (nSPS) is 12.4. The maximum atomic E-state index is 12.8. The first-order valence-corrected chi connectivity index (χ1v) is 9.29. The van der Waals surface area contributed by atoms with Crippen LogP contribution in [0.2, 0.25) is 19.6 Å². The van der Waals surface area contributed by atoms with Gasteiger partial charge in [-0.25, -0.2) is 0 Å². The van der Waals surface area contributed by atoms with E-state index >= 15 is 0 Å². The lowest BCUT2D eigenvalue weighted by Crippen LogP contribution is -2.30. The molecule has 0 fully saturated rings. The molecular weight excluding hydrogens is 329 g/mol. The molecule has 0 N–H and O–H groups in total. The lowest BCUT2D eigenvalue weighted by atomic mass is 10.1. The molecule has 0 aromatic heterocycles. The summed E-state index contributed by atoms with van der Waals surface area (Å²) in [6.45, 7) is 5.49. The molecule has 0 unspecified atom stereocenters. The van der Waals surface area contributed by atoms with Crippen molar-refractivity contribution >= 4 is 30.5 Å². The molecule has 0 aliphatic rings. The number of hydrogen-bond donors (Lipinski definition) is 0. The van der Waals surface area contributed by atoms with Crippen molar-refractivity contribution in [3.8, 4) is 5.75 Å². The third kappa shape index (κ3) is 3.84. The van der Waals surface area contributed by atoms with Crippen molar-refractivity contribution in [1.82, 2.24) is 0 Å². The van der Waals surface area contributed by atoms with Gasteiger partial charge in [-0.1, -0.05) is 15.9 Å². The van der Waals surface area contributed by atoms with Gasteiger partial charge in [0, 0.05) is 4.47 Å². The van der Waals surface area contributed by atoms with E-state index < -0.39 is 25.6 Å². The number of halogens is 4. The van der Waals surface area contributed by atoms with Crippen LogP contribution >= 0.6 is 15.9 Å². The van der Waals surface area contributed by atoms with Gasteiger partial charge in [-0.15, -0.1) is 0 Å². The fraction of sp³-hybridized carbons (Fsp3) is 0.364. The van der Waals surface area contributed by atoms with Crippen LogP contribution in [-0.4, -0.2) is 14.6 Å². The van der Waals surface area contributed by atoms with Crippen molar-refractivity contribution in [3.63, 3.8) is 0 Å². The van der Waals surface area contributed by atoms with Crippen LogP contribution in [0.5, 0.6) is 5.75 Å². The van der Waals surface area contributed by atoms with E-state index in [2.05, 4.69) is 15.9 Å². The summed E-state index contributed by atoms with van der Waals surface area (Å²) < 4.78 is 44.2. The van der Waals surface area contributed by atoms with E-state index in [1.54, 1.807) is 0 Å². The SMILES string of the molecule is C[Si](C)(C)Oc1cc(Br)cc(C(F)(F)F)c1C=O. The van der Waals surface area contributed by atoms with Crippen LogP contribution in [0.25, 0.3) is 0 Å². The molecule has 0 atom stereocenters. The monoisotopic (exact) mass is 340 g/mol. The van der Waals surface area contributed by atoms with Crippen LogP contribution in [-0.2, 0) is 6.18 Å². The molecular formula is C11H12BrF3O2Si. The zero-order valence-electron chi connectivity index (χ0n) is 10.1. The van der Waals surface area contributed by atoms with Gasteiger partial charge in [0.1, 0.15) is 5.75 Å². The van der Waals surface area contributed by atoms with Crippen molar-refractivity contribution in [3.05, 3.63) is 27.7 Å². The Morgan fingerprint density at radius 2 is 1.83 bits per heavy atom. The highest BCUT2D eigenvalue weighted by atomic mass is 79.9. The maximum Gasteiger partial charge on any atom is 0.417 e. The van der Waals surface area contributed by atoms with Crippen LogP contribution in [0, 0.1) is 0 Å². The first-order chi connectivity index (χ1) is 8.04. The van der Waals surface area contributed by atoms with Crippen molar-refractivity contribution in [1.29, 1.82) is 0 Å². The van der Waals surface area contributed by atoms with E-state index in [-0.39, 0.29) is 16.5 Å². The zero-order chi connectivity index (χ0) is 14.1. The van der Waals surface area contributed by atoms with Gasteiger partial charge in [-0.2, -0.15) is 13.2 Å². The Morgan fingerprint density at radius 3 is 2.22 bits per heavy atom. The standard InChI is InChI=1S/C11H12BrF3O2Si/c1-18(2,3)17-10-5-7(12)4-9(8(10)6-16)11(13,14)15/h4-6H,1-3H3. The summed E-state index contributed by atoms with van der Waals surface area (Å²) in [6, 6.07) is 2.26. The van der Waals surface area contributed by atoms with Gasteiger partial charge in [-0.3, -0.25) is 4.79 Å². The van der Waals surface area contributed by atoms with E-state index in [0.29, 0.717) is 0 Å². The smallest absolute Gasteiger partial charge is 0.417 e. The topological polar surface area (TPSA) is 26.3 Å². The Bertz CT molecular complexity index is 467. The first-order valence-electron chi connectivity index (χ1n) is 5.09. The quantitative estimate of drug-likeness (QED) is 0.598. The molecule has 0 aliphatic carbocycles. The van der Waals surface area contributed by atoms with Crippen molar-refractivity contribution in [2.45, 2.75) is 25.8 Å². The number of rotatable bonds is 3. The predicted molar refractivity (Wildman–Crippen MR) is 68.5 cm³/mol. The minimum absolute atomic E-state index is 0.0223. The second kappa shape index (κ2) is 5.04. The molecule has 0 heterocycles. The summed E-state index contributed by atoms with van der Waals surface area (Å²) in [5, 5.41) is 0. The Labute approximate surface area is 112 Å². The van der Waals surface area contributed by atoms with Gasteiger partial charge >= 0.3 is 6.18 Å². The second-order valence-corrected chi connectivity index (χ2v) is 10.0. The van der Waals surface area contributed by atoms with Crippen LogP contribution < -0.4 is 4.43 Å². The average Bonchev–Trinajstić information content (AvgIpc) is 2.12. The molecule has 0 aliphatic heterocycles. The molecule has 0 saturated heterocycles. The van der Waals surface area contributed by atoms with Crippen LogP contribution in [0.1, 0.15) is 15.9 Å². The lowest BCUT2D eigenvalue weighted by molar-refractivity contribution is -0.138. The summed E-state index contributed by atoms with van der Waals surface area (Å²) in [7, 11) is -2.10. The second-order valence-electron chi connectivity index (χ2n) is 4.70. The van der Waals surface area contributed by atoms with E-state index in [4.69, 9.17) is 4.43 Å². The third-order valence-corrected chi connectivity index (χ3v) is 3.24. The molecule has 0 radical (unpaired) electrons. The number of hydrogen-bond acceptors (Lipinski definition) is 2. The highest BCUT2D eigenvalue weighted by Gasteiger charge is 2.35. The van der Waals surface area contributed by atoms with E-state index in [1.165, 1.54) is 6.07 Å². The summed E-state index contributed by atoms with van der Waals surface area (Å²) >= 11 is 3.00. The summed E-state index contributed by atoms with van der Waals surface area (Å²) in [4.78, 5) is 10.9.